The van der Waals surface area contributed by atoms with Crippen LogP contribution in [0.3, 0.4) is 0 Å². The van der Waals surface area contributed by atoms with Crippen LogP contribution in [0.1, 0.15) is 40.2 Å². The van der Waals surface area contributed by atoms with Crippen LogP contribution in [0.4, 0.5) is 5.69 Å². The number of thioether (sulfide) groups is 3. The maximum Gasteiger partial charge on any atom is 0.345 e. The number of esters is 2. The Hall–Kier alpha value is -1.97. The van der Waals surface area contributed by atoms with Crippen molar-refractivity contribution < 1.29 is 23.8 Å². The van der Waals surface area contributed by atoms with E-state index in [2.05, 4.69) is 19.2 Å². The van der Waals surface area contributed by atoms with Gasteiger partial charge in [0.05, 0.1) is 30.3 Å². The maximum atomic E-state index is 12.8. The lowest BCUT2D eigenvalue weighted by Crippen LogP contribution is -2.40. The lowest BCUT2D eigenvalue weighted by atomic mass is 9.87. The fourth-order valence-corrected chi connectivity index (χ4v) is 8.31. The van der Waals surface area contributed by atoms with Crippen molar-refractivity contribution in [3.05, 3.63) is 50.0 Å². The first-order valence-corrected chi connectivity index (χ1v) is 13.4. The Morgan fingerprint density at radius 1 is 1.00 bits per heavy atom. The van der Waals surface area contributed by atoms with E-state index < -0.39 is 9.62 Å². The lowest BCUT2D eigenvalue weighted by molar-refractivity contribution is -0.138. The molecule has 0 bridgehead atoms. The molecule has 1 N–H and O–H groups in total. The first-order valence-electron chi connectivity index (χ1n) is 10.9. The summed E-state index contributed by atoms with van der Waals surface area (Å²) >= 11 is 4.36. The number of hydrogen-bond acceptors (Lipinski definition) is 9. The van der Waals surface area contributed by atoms with E-state index in [-0.39, 0.29) is 11.9 Å². The van der Waals surface area contributed by atoms with Crippen molar-refractivity contribution in [1.82, 2.24) is 0 Å². The Bertz CT molecular complexity index is 1090. The summed E-state index contributed by atoms with van der Waals surface area (Å²) < 4.78 is 15.7. The monoisotopic (exact) mass is 505 g/mol. The molecule has 176 valence electrons. The molecule has 33 heavy (non-hydrogen) atoms. The van der Waals surface area contributed by atoms with Crippen molar-refractivity contribution >= 4 is 58.5 Å². The molecule has 0 unspecified atom stereocenters. The van der Waals surface area contributed by atoms with Crippen LogP contribution >= 0.6 is 35.3 Å². The van der Waals surface area contributed by atoms with E-state index in [9.17, 15) is 9.59 Å². The zero-order chi connectivity index (χ0) is 23.8. The molecule has 1 aromatic rings. The largest absolute Gasteiger partial charge is 0.494 e. The number of rotatable bonds is 6. The highest BCUT2D eigenvalue weighted by atomic mass is 32.2. The first kappa shape index (κ1) is 24.2. The van der Waals surface area contributed by atoms with E-state index in [0.29, 0.717) is 29.6 Å². The minimum absolute atomic E-state index is 0.296. The molecule has 3 heterocycles. The van der Waals surface area contributed by atoms with Gasteiger partial charge in [-0.25, -0.2) is 9.59 Å². The van der Waals surface area contributed by atoms with Gasteiger partial charge >= 0.3 is 11.9 Å². The molecule has 0 saturated carbocycles. The number of fused-ring (bicyclic) bond motifs is 3. The molecule has 1 atom stereocenters. The molecular weight excluding hydrogens is 478 g/mol. The van der Waals surface area contributed by atoms with Crippen LogP contribution in [0.25, 0.3) is 5.57 Å². The number of benzene rings is 1. The zero-order valence-corrected chi connectivity index (χ0v) is 21.7. The molecule has 0 radical (unpaired) electrons. The second kappa shape index (κ2) is 9.35. The van der Waals surface area contributed by atoms with Gasteiger partial charge in [0.25, 0.3) is 0 Å². The molecule has 3 aliphatic heterocycles. The topological polar surface area (TPSA) is 73.9 Å². The van der Waals surface area contributed by atoms with Gasteiger partial charge in [-0.05, 0) is 64.3 Å². The van der Waals surface area contributed by atoms with E-state index in [4.69, 9.17) is 14.2 Å². The molecule has 0 amide bonds. The van der Waals surface area contributed by atoms with Crippen molar-refractivity contribution in [3.63, 3.8) is 0 Å². The fourth-order valence-electron chi connectivity index (χ4n) is 3.95. The Morgan fingerprint density at radius 2 is 1.70 bits per heavy atom. The second-order valence-electron chi connectivity index (χ2n) is 8.02. The Kier molecular flexibility index (Phi) is 6.85. The van der Waals surface area contributed by atoms with E-state index in [1.165, 1.54) is 35.3 Å². The minimum Gasteiger partial charge on any atom is -0.494 e. The Morgan fingerprint density at radius 3 is 2.36 bits per heavy atom. The average molecular weight is 506 g/mol. The summed E-state index contributed by atoms with van der Waals surface area (Å²) in [6.07, 6.45) is 1.94. The summed E-state index contributed by atoms with van der Waals surface area (Å²) in [5.74, 6) is 0.0650. The van der Waals surface area contributed by atoms with Crippen LogP contribution < -0.4 is 10.1 Å². The molecule has 0 fully saturated rings. The number of hydrogen-bond donors (Lipinski definition) is 1. The summed E-state index contributed by atoms with van der Waals surface area (Å²) in [5.41, 5.74) is 2.61. The molecule has 1 aromatic carbocycles. The van der Waals surface area contributed by atoms with Crippen molar-refractivity contribution in [2.24, 2.45) is 0 Å². The molecular formula is C24H27NO5S3. The minimum atomic E-state index is -0.705. The van der Waals surface area contributed by atoms with Gasteiger partial charge in [0, 0.05) is 21.7 Å². The quantitative estimate of drug-likeness (QED) is 0.485. The average Bonchev–Trinajstić information content (AvgIpc) is 3.18. The Labute approximate surface area is 206 Å². The van der Waals surface area contributed by atoms with Gasteiger partial charge in [-0.15, -0.1) is 11.8 Å². The maximum absolute atomic E-state index is 12.8. The molecule has 3 aliphatic rings. The van der Waals surface area contributed by atoms with Gasteiger partial charge < -0.3 is 19.5 Å². The lowest BCUT2D eigenvalue weighted by Gasteiger charge is -2.44. The molecule has 9 heteroatoms. The predicted octanol–water partition coefficient (Wildman–Crippen LogP) is 5.78. The highest BCUT2D eigenvalue weighted by Crippen LogP contribution is 2.65. The molecule has 0 aromatic heterocycles. The highest BCUT2D eigenvalue weighted by molar-refractivity contribution is 8.25. The summed E-state index contributed by atoms with van der Waals surface area (Å²) in [6, 6.07) is 6.01. The highest BCUT2D eigenvalue weighted by Gasteiger charge is 2.51. The molecule has 4 rings (SSSR count). The summed E-state index contributed by atoms with van der Waals surface area (Å²) in [6.45, 7) is 10.9. The van der Waals surface area contributed by atoms with Gasteiger partial charge in [-0.3, -0.25) is 0 Å². The number of carbonyl (C=O) groups excluding carboxylic acids is 2. The van der Waals surface area contributed by atoms with Crippen LogP contribution in [0.15, 0.2) is 44.4 Å². The molecule has 0 saturated heterocycles. The number of carbonyl (C=O) groups is 2. The molecule has 1 spiro atoms. The van der Waals surface area contributed by atoms with Crippen LogP contribution in [0, 0.1) is 0 Å². The number of nitrogens with one attached hydrogen (secondary N) is 1. The molecule has 6 nitrogen and oxygen atoms in total. The zero-order valence-electron chi connectivity index (χ0n) is 19.3. The summed E-state index contributed by atoms with van der Waals surface area (Å²) in [7, 11) is 0. The van der Waals surface area contributed by atoms with Crippen molar-refractivity contribution in [2.45, 2.75) is 44.2 Å². The number of ether oxygens (including phenoxy) is 3. The first-order chi connectivity index (χ1) is 15.7. The SMILES string of the molecule is CCOC(=O)C1=C[C@]2(SC=C(C(=O)OCC)S2)C2=C(S1)C(C)(C)Nc1ccc(OCC)cc12. The van der Waals surface area contributed by atoms with Gasteiger partial charge in [0.2, 0.25) is 0 Å². The fraction of sp³-hybridized carbons (Fsp3) is 0.417. The summed E-state index contributed by atoms with van der Waals surface area (Å²) in [4.78, 5) is 27.5. The predicted molar refractivity (Wildman–Crippen MR) is 137 cm³/mol. The van der Waals surface area contributed by atoms with Gasteiger partial charge in [-0.1, -0.05) is 23.5 Å². The standard InChI is InChI=1S/C24H27NO5S3/c1-6-28-14-9-10-16-15(11-14)19-20(23(4,5)25-16)32-17(21(26)29-7-2)12-24(19)31-13-18(33-24)22(27)30-8-3/h9-13,25H,6-8H2,1-5H3/t24-/m1/s1. The van der Waals surface area contributed by atoms with Crippen molar-refractivity contribution in [3.8, 4) is 5.75 Å². The van der Waals surface area contributed by atoms with Gasteiger partial charge in [0.1, 0.15) is 14.7 Å². The van der Waals surface area contributed by atoms with Crippen LogP contribution in [-0.4, -0.2) is 41.4 Å². The van der Waals surface area contributed by atoms with Crippen LogP contribution in [-0.2, 0) is 19.1 Å². The smallest absolute Gasteiger partial charge is 0.345 e. The van der Waals surface area contributed by atoms with Crippen LogP contribution in [0.2, 0.25) is 0 Å². The third-order valence-corrected chi connectivity index (χ3v) is 9.52. The van der Waals surface area contributed by atoms with Gasteiger partial charge in [0.15, 0.2) is 0 Å². The summed E-state index contributed by atoms with van der Waals surface area (Å²) in [5, 5.41) is 5.45. The van der Waals surface area contributed by atoms with E-state index in [0.717, 1.165) is 27.5 Å². The third kappa shape index (κ3) is 4.42. The van der Waals surface area contributed by atoms with Crippen molar-refractivity contribution in [1.29, 1.82) is 0 Å². The second-order valence-corrected chi connectivity index (χ2v) is 11.7. The van der Waals surface area contributed by atoms with Gasteiger partial charge in [-0.2, -0.15) is 0 Å². The van der Waals surface area contributed by atoms with E-state index in [1.54, 1.807) is 13.8 Å². The van der Waals surface area contributed by atoms with E-state index in [1.807, 2.05) is 36.6 Å². The molecule has 0 aliphatic carbocycles. The van der Waals surface area contributed by atoms with E-state index >= 15 is 0 Å². The number of anilines is 1. The Balaban J connectivity index is 1.88. The van der Waals surface area contributed by atoms with Crippen molar-refractivity contribution in [2.75, 3.05) is 25.1 Å². The third-order valence-electron chi connectivity index (χ3n) is 5.25. The van der Waals surface area contributed by atoms with Crippen LogP contribution in [0.5, 0.6) is 5.75 Å². The normalized spacial score (nSPS) is 22.6.